The molecule has 1 aromatic heterocycles. The van der Waals surface area contributed by atoms with E-state index in [9.17, 15) is 9.18 Å². The molecule has 0 aliphatic heterocycles. The molecule has 0 unspecified atom stereocenters. The van der Waals surface area contributed by atoms with Gasteiger partial charge in [-0.15, -0.1) is 0 Å². The molecule has 5 heteroatoms. The predicted molar refractivity (Wildman–Crippen MR) is 103 cm³/mol. The van der Waals surface area contributed by atoms with Gasteiger partial charge in [-0.1, -0.05) is 19.1 Å². The molecular formula is C22H17FN2O2. The quantitative estimate of drug-likeness (QED) is 0.526. The van der Waals surface area contributed by atoms with Crippen LogP contribution in [0.3, 0.4) is 0 Å². The molecule has 27 heavy (non-hydrogen) atoms. The first-order valence-corrected chi connectivity index (χ1v) is 8.69. The fraction of sp³-hybridized carbons (Fsp3) is 0.0909. The molecule has 0 radical (unpaired) electrons. The van der Waals surface area contributed by atoms with Gasteiger partial charge in [0.25, 0.3) is 5.91 Å². The smallest absolute Gasteiger partial charge is 0.255 e. The number of aryl methyl sites for hydroxylation is 1. The summed E-state index contributed by atoms with van der Waals surface area (Å²) in [5.41, 5.74) is 4.43. The summed E-state index contributed by atoms with van der Waals surface area (Å²) in [7, 11) is 0. The fourth-order valence-corrected chi connectivity index (χ4v) is 2.82. The van der Waals surface area contributed by atoms with Crippen LogP contribution < -0.4 is 5.32 Å². The first kappa shape index (κ1) is 17.0. The molecule has 134 valence electrons. The predicted octanol–water partition coefficient (Wildman–Crippen LogP) is 5.45. The second-order valence-electron chi connectivity index (χ2n) is 6.21. The largest absolute Gasteiger partial charge is 0.436 e. The van der Waals surface area contributed by atoms with E-state index in [4.69, 9.17) is 4.42 Å². The van der Waals surface area contributed by atoms with Crippen molar-refractivity contribution in [3.8, 4) is 11.5 Å². The number of amides is 1. The Hall–Kier alpha value is -3.47. The van der Waals surface area contributed by atoms with Crippen LogP contribution >= 0.6 is 0 Å². The standard InChI is InChI=1S/C22H17FN2O2/c1-2-14-3-5-16(6-4-14)22-25-19-13-18(11-12-20(19)27-22)24-21(26)15-7-9-17(23)10-8-15/h3-13H,2H2,1H3,(H,24,26). The van der Waals surface area contributed by atoms with Crippen molar-refractivity contribution < 1.29 is 13.6 Å². The summed E-state index contributed by atoms with van der Waals surface area (Å²) in [5.74, 6) is -0.155. The maximum absolute atomic E-state index is 13.0. The third-order valence-electron chi connectivity index (χ3n) is 4.36. The molecule has 4 aromatic rings. The lowest BCUT2D eigenvalue weighted by molar-refractivity contribution is 0.102. The van der Waals surface area contributed by atoms with E-state index in [1.165, 1.54) is 29.8 Å². The van der Waals surface area contributed by atoms with E-state index in [2.05, 4.69) is 29.4 Å². The van der Waals surface area contributed by atoms with Crippen molar-refractivity contribution in [1.29, 1.82) is 0 Å². The van der Waals surface area contributed by atoms with Crippen LogP contribution in [0.25, 0.3) is 22.6 Å². The number of hydrogen-bond donors (Lipinski definition) is 1. The zero-order valence-corrected chi connectivity index (χ0v) is 14.7. The first-order chi connectivity index (χ1) is 13.1. The van der Waals surface area contributed by atoms with E-state index in [0.717, 1.165) is 12.0 Å². The van der Waals surface area contributed by atoms with Crippen LogP contribution in [0.1, 0.15) is 22.8 Å². The SMILES string of the molecule is CCc1ccc(-c2nc3cc(NC(=O)c4ccc(F)cc4)ccc3o2)cc1. The third-order valence-corrected chi connectivity index (χ3v) is 4.36. The zero-order chi connectivity index (χ0) is 18.8. The lowest BCUT2D eigenvalue weighted by Crippen LogP contribution is -2.11. The summed E-state index contributed by atoms with van der Waals surface area (Å²) in [5, 5.41) is 2.79. The highest BCUT2D eigenvalue weighted by Crippen LogP contribution is 2.26. The van der Waals surface area contributed by atoms with Gasteiger partial charge in [-0.25, -0.2) is 9.37 Å². The summed E-state index contributed by atoms with van der Waals surface area (Å²) in [6.07, 6.45) is 0.977. The lowest BCUT2D eigenvalue weighted by Gasteiger charge is -2.04. The molecule has 0 aliphatic carbocycles. The Kier molecular flexibility index (Phi) is 4.42. The number of fused-ring (bicyclic) bond motifs is 1. The molecule has 4 nitrogen and oxygen atoms in total. The van der Waals surface area contributed by atoms with Gasteiger partial charge in [0.15, 0.2) is 5.58 Å². The highest BCUT2D eigenvalue weighted by atomic mass is 19.1. The van der Waals surface area contributed by atoms with Gasteiger partial charge in [0, 0.05) is 16.8 Å². The van der Waals surface area contributed by atoms with Gasteiger partial charge in [-0.2, -0.15) is 0 Å². The average molecular weight is 360 g/mol. The number of rotatable bonds is 4. The summed E-state index contributed by atoms with van der Waals surface area (Å²) in [6, 6.07) is 18.8. The molecule has 0 bridgehead atoms. The van der Waals surface area contributed by atoms with E-state index in [-0.39, 0.29) is 11.7 Å². The number of nitrogens with one attached hydrogen (secondary N) is 1. The maximum Gasteiger partial charge on any atom is 0.255 e. The molecule has 0 fully saturated rings. The summed E-state index contributed by atoms with van der Waals surface area (Å²) < 4.78 is 18.8. The van der Waals surface area contributed by atoms with Crippen LogP contribution in [0.5, 0.6) is 0 Å². The second-order valence-corrected chi connectivity index (χ2v) is 6.21. The van der Waals surface area contributed by atoms with Crippen molar-refractivity contribution in [2.45, 2.75) is 13.3 Å². The van der Waals surface area contributed by atoms with Crippen LogP contribution in [-0.2, 0) is 6.42 Å². The number of hydrogen-bond acceptors (Lipinski definition) is 3. The Balaban J connectivity index is 1.58. The molecule has 1 N–H and O–H groups in total. The van der Waals surface area contributed by atoms with Gasteiger partial charge in [0.2, 0.25) is 5.89 Å². The number of halogens is 1. The highest BCUT2D eigenvalue weighted by molar-refractivity contribution is 6.04. The van der Waals surface area contributed by atoms with Gasteiger partial charge in [-0.3, -0.25) is 4.79 Å². The van der Waals surface area contributed by atoms with E-state index in [0.29, 0.717) is 28.2 Å². The van der Waals surface area contributed by atoms with Gasteiger partial charge in [-0.05, 0) is 66.6 Å². The number of carbonyl (C=O) groups is 1. The second kappa shape index (κ2) is 7.03. The number of benzene rings is 3. The first-order valence-electron chi connectivity index (χ1n) is 8.69. The summed E-state index contributed by atoms with van der Waals surface area (Å²) in [6.45, 7) is 2.11. The Morgan fingerprint density at radius 1 is 1.04 bits per heavy atom. The van der Waals surface area contributed by atoms with Crippen LogP contribution in [0, 0.1) is 5.82 Å². The maximum atomic E-state index is 13.0. The van der Waals surface area contributed by atoms with Crippen molar-refractivity contribution in [2.75, 3.05) is 5.32 Å². The number of anilines is 1. The molecule has 3 aromatic carbocycles. The minimum atomic E-state index is -0.380. The normalized spacial score (nSPS) is 10.9. The highest BCUT2D eigenvalue weighted by Gasteiger charge is 2.11. The van der Waals surface area contributed by atoms with Gasteiger partial charge < -0.3 is 9.73 Å². The third kappa shape index (κ3) is 3.58. The Bertz CT molecular complexity index is 1100. The van der Waals surface area contributed by atoms with Crippen molar-refractivity contribution in [3.05, 3.63) is 83.7 Å². The monoisotopic (exact) mass is 360 g/mol. The molecule has 0 saturated heterocycles. The Labute approximate surface area is 155 Å². The van der Waals surface area contributed by atoms with Gasteiger partial charge in [0.1, 0.15) is 11.3 Å². The number of nitrogens with zero attached hydrogens (tertiary/aromatic N) is 1. The molecular weight excluding hydrogens is 343 g/mol. The van der Waals surface area contributed by atoms with E-state index < -0.39 is 0 Å². The van der Waals surface area contributed by atoms with Crippen LogP contribution in [0.4, 0.5) is 10.1 Å². The number of carbonyl (C=O) groups excluding carboxylic acids is 1. The lowest BCUT2D eigenvalue weighted by atomic mass is 10.1. The van der Waals surface area contributed by atoms with Crippen molar-refractivity contribution in [1.82, 2.24) is 4.98 Å². The Morgan fingerprint density at radius 2 is 1.78 bits per heavy atom. The topological polar surface area (TPSA) is 55.1 Å². The molecule has 1 amide bonds. The Morgan fingerprint density at radius 3 is 2.48 bits per heavy atom. The summed E-state index contributed by atoms with van der Waals surface area (Å²) in [4.78, 5) is 16.8. The summed E-state index contributed by atoms with van der Waals surface area (Å²) >= 11 is 0. The zero-order valence-electron chi connectivity index (χ0n) is 14.7. The number of oxazole rings is 1. The van der Waals surface area contributed by atoms with Crippen molar-refractivity contribution in [2.24, 2.45) is 0 Å². The molecule has 0 atom stereocenters. The molecule has 0 aliphatic rings. The van der Waals surface area contributed by atoms with Crippen LogP contribution in [-0.4, -0.2) is 10.9 Å². The molecule has 0 saturated carbocycles. The van der Waals surface area contributed by atoms with Crippen molar-refractivity contribution >= 4 is 22.7 Å². The van der Waals surface area contributed by atoms with Crippen LogP contribution in [0.2, 0.25) is 0 Å². The minimum absolute atomic E-state index is 0.312. The van der Waals surface area contributed by atoms with Gasteiger partial charge in [0.05, 0.1) is 0 Å². The number of aromatic nitrogens is 1. The minimum Gasteiger partial charge on any atom is -0.436 e. The van der Waals surface area contributed by atoms with Crippen LogP contribution in [0.15, 0.2) is 71.1 Å². The van der Waals surface area contributed by atoms with E-state index in [1.807, 2.05) is 12.1 Å². The molecule has 4 rings (SSSR count). The fourth-order valence-electron chi connectivity index (χ4n) is 2.82. The van der Waals surface area contributed by atoms with E-state index in [1.54, 1.807) is 18.2 Å². The van der Waals surface area contributed by atoms with E-state index >= 15 is 0 Å². The molecule has 1 heterocycles. The van der Waals surface area contributed by atoms with Gasteiger partial charge >= 0.3 is 0 Å². The van der Waals surface area contributed by atoms with Crippen molar-refractivity contribution in [3.63, 3.8) is 0 Å². The average Bonchev–Trinajstić information content (AvgIpc) is 3.12. The molecule has 0 spiro atoms.